The minimum atomic E-state index is -1.21. The molecule has 4 N–H and O–H groups in total. The van der Waals surface area contributed by atoms with Gasteiger partial charge in [0.1, 0.15) is 11.5 Å². The number of hydrogen-bond acceptors (Lipinski definition) is 4. The zero-order valence-electron chi connectivity index (χ0n) is 12.6. The molecule has 8 heteroatoms. The number of aliphatic carboxylic acids is 1. The summed E-state index contributed by atoms with van der Waals surface area (Å²) in [6, 6.07) is -1.06. The second-order valence-electron chi connectivity index (χ2n) is 5.66. The summed E-state index contributed by atoms with van der Waals surface area (Å²) in [6.07, 6.45) is 0.660. The van der Waals surface area contributed by atoms with E-state index in [0.717, 1.165) is 0 Å². The van der Waals surface area contributed by atoms with Gasteiger partial charge in [-0.05, 0) is 20.3 Å². The van der Waals surface area contributed by atoms with Crippen LogP contribution >= 0.6 is 0 Å². The molecule has 0 aromatic carbocycles. The lowest BCUT2D eigenvalue weighted by atomic mass is 10.0. The van der Waals surface area contributed by atoms with Gasteiger partial charge in [-0.2, -0.15) is 0 Å². The second kappa shape index (κ2) is 6.75. The van der Waals surface area contributed by atoms with Crippen molar-refractivity contribution in [3.05, 3.63) is 0 Å². The van der Waals surface area contributed by atoms with E-state index in [1.54, 1.807) is 0 Å². The van der Waals surface area contributed by atoms with Crippen molar-refractivity contribution in [3.8, 4) is 0 Å². The number of carbonyl (C=O) groups is 3. The van der Waals surface area contributed by atoms with Crippen LogP contribution in [0.5, 0.6) is 0 Å². The van der Waals surface area contributed by atoms with Crippen LogP contribution in [-0.4, -0.2) is 59.3 Å². The van der Waals surface area contributed by atoms with E-state index in [4.69, 9.17) is 10.5 Å². The molecule has 1 heterocycles. The Hall–Kier alpha value is -1.83. The molecule has 1 rings (SSSR count). The first-order valence-electron chi connectivity index (χ1n) is 6.90. The highest BCUT2D eigenvalue weighted by atomic mass is 16.5. The van der Waals surface area contributed by atoms with Gasteiger partial charge >= 0.3 is 12.0 Å². The second-order valence-corrected chi connectivity index (χ2v) is 5.66. The first-order chi connectivity index (χ1) is 9.70. The predicted octanol–water partition coefficient (Wildman–Crippen LogP) is -0.228. The van der Waals surface area contributed by atoms with Gasteiger partial charge in [-0.1, -0.05) is 6.92 Å². The van der Waals surface area contributed by atoms with E-state index >= 15 is 0 Å². The predicted molar refractivity (Wildman–Crippen MR) is 74.5 cm³/mol. The molecule has 1 fully saturated rings. The summed E-state index contributed by atoms with van der Waals surface area (Å²) in [5.41, 5.74) is 4.02. The minimum absolute atomic E-state index is 0.0761. The molecule has 0 spiro atoms. The SMILES string of the molecule is CCCN(C(=O)NC(C)(C)C(N)=O)C1COCC1C(=O)O. The molecule has 1 aliphatic heterocycles. The van der Waals surface area contributed by atoms with E-state index in [2.05, 4.69) is 5.32 Å². The summed E-state index contributed by atoms with van der Waals surface area (Å²) < 4.78 is 5.19. The van der Waals surface area contributed by atoms with Crippen LogP contribution in [0.2, 0.25) is 0 Å². The fourth-order valence-electron chi connectivity index (χ4n) is 2.15. The Morgan fingerprint density at radius 1 is 1.38 bits per heavy atom. The highest BCUT2D eigenvalue weighted by molar-refractivity contribution is 5.89. The maximum Gasteiger partial charge on any atom is 0.318 e. The third-order valence-corrected chi connectivity index (χ3v) is 3.53. The lowest BCUT2D eigenvalue weighted by Gasteiger charge is -2.33. The number of amides is 3. The number of nitrogens with two attached hydrogens (primary N) is 1. The Morgan fingerprint density at radius 2 is 2.00 bits per heavy atom. The van der Waals surface area contributed by atoms with Crippen LogP contribution in [0.15, 0.2) is 0 Å². The zero-order chi connectivity index (χ0) is 16.2. The molecule has 21 heavy (non-hydrogen) atoms. The number of carbonyl (C=O) groups excluding carboxylic acids is 2. The van der Waals surface area contributed by atoms with Crippen molar-refractivity contribution < 1.29 is 24.2 Å². The molecule has 0 saturated carbocycles. The van der Waals surface area contributed by atoms with Gasteiger partial charge in [-0.25, -0.2) is 4.79 Å². The number of nitrogens with zero attached hydrogens (tertiary/aromatic N) is 1. The van der Waals surface area contributed by atoms with Gasteiger partial charge in [0.2, 0.25) is 5.91 Å². The number of nitrogens with one attached hydrogen (secondary N) is 1. The van der Waals surface area contributed by atoms with E-state index in [9.17, 15) is 19.5 Å². The average molecular weight is 301 g/mol. The first kappa shape index (κ1) is 17.2. The summed E-state index contributed by atoms with van der Waals surface area (Å²) in [6.45, 7) is 5.49. The molecule has 0 bridgehead atoms. The fraction of sp³-hybridized carbons (Fsp3) is 0.769. The normalized spacial score (nSPS) is 21.9. The highest BCUT2D eigenvalue weighted by Crippen LogP contribution is 2.21. The average Bonchev–Trinajstić information content (AvgIpc) is 2.83. The van der Waals surface area contributed by atoms with Gasteiger partial charge in [-0.15, -0.1) is 0 Å². The number of hydrogen-bond donors (Lipinski definition) is 3. The number of carboxylic acids is 1. The Morgan fingerprint density at radius 3 is 2.48 bits per heavy atom. The third-order valence-electron chi connectivity index (χ3n) is 3.53. The molecule has 0 aromatic rings. The van der Waals surface area contributed by atoms with Crippen molar-refractivity contribution in [3.63, 3.8) is 0 Å². The van der Waals surface area contributed by atoms with Gasteiger partial charge in [0, 0.05) is 6.54 Å². The van der Waals surface area contributed by atoms with E-state index in [-0.39, 0.29) is 13.2 Å². The molecule has 8 nitrogen and oxygen atoms in total. The smallest absolute Gasteiger partial charge is 0.318 e. The molecule has 120 valence electrons. The lowest BCUT2D eigenvalue weighted by Crippen LogP contribution is -2.59. The van der Waals surface area contributed by atoms with Crippen LogP contribution < -0.4 is 11.1 Å². The number of ether oxygens (including phenoxy) is 1. The van der Waals surface area contributed by atoms with Crippen molar-refractivity contribution in [1.29, 1.82) is 0 Å². The monoisotopic (exact) mass is 301 g/mol. The van der Waals surface area contributed by atoms with Crippen molar-refractivity contribution in [1.82, 2.24) is 10.2 Å². The zero-order valence-corrected chi connectivity index (χ0v) is 12.6. The molecular formula is C13H23N3O5. The van der Waals surface area contributed by atoms with Crippen LogP contribution in [-0.2, 0) is 14.3 Å². The quantitative estimate of drug-likeness (QED) is 0.625. The molecule has 2 unspecified atom stereocenters. The summed E-state index contributed by atoms with van der Waals surface area (Å²) in [4.78, 5) is 36.3. The largest absolute Gasteiger partial charge is 0.481 e. The molecule has 1 aliphatic rings. The lowest BCUT2D eigenvalue weighted by molar-refractivity contribution is -0.142. The van der Waals surface area contributed by atoms with E-state index in [0.29, 0.717) is 13.0 Å². The summed E-state index contributed by atoms with van der Waals surface area (Å²) >= 11 is 0. The van der Waals surface area contributed by atoms with Crippen LogP contribution in [0, 0.1) is 5.92 Å². The van der Waals surface area contributed by atoms with Crippen molar-refractivity contribution >= 4 is 17.9 Å². The highest BCUT2D eigenvalue weighted by Gasteiger charge is 2.41. The van der Waals surface area contributed by atoms with Crippen LogP contribution in [0.4, 0.5) is 4.79 Å². The number of urea groups is 1. The first-order valence-corrected chi connectivity index (χ1v) is 6.90. The van der Waals surface area contributed by atoms with Crippen molar-refractivity contribution in [2.45, 2.75) is 38.8 Å². The summed E-state index contributed by atoms with van der Waals surface area (Å²) in [5.74, 6) is -2.43. The molecule has 2 atom stereocenters. The Bertz CT molecular complexity index is 424. The minimum Gasteiger partial charge on any atom is -0.481 e. The standard InChI is InChI=1S/C13H23N3O5/c1-4-5-16(9-7-21-6-8(9)10(17)18)12(20)15-13(2,3)11(14)19/h8-9H,4-7H2,1-3H3,(H2,14,19)(H,15,20)(H,17,18). The number of rotatable bonds is 6. The van der Waals surface area contributed by atoms with Gasteiger partial charge in [0.25, 0.3) is 0 Å². The molecule has 1 saturated heterocycles. The Kier molecular flexibility index (Phi) is 5.54. The maximum absolute atomic E-state index is 12.4. The van der Waals surface area contributed by atoms with E-state index in [1.165, 1.54) is 18.7 Å². The van der Waals surface area contributed by atoms with Crippen LogP contribution in [0.3, 0.4) is 0 Å². The van der Waals surface area contributed by atoms with Gasteiger partial charge in [0.15, 0.2) is 0 Å². The molecule has 0 radical (unpaired) electrons. The molecule has 0 aliphatic carbocycles. The van der Waals surface area contributed by atoms with Crippen molar-refractivity contribution in [2.75, 3.05) is 19.8 Å². The van der Waals surface area contributed by atoms with Gasteiger partial charge in [0.05, 0.1) is 19.3 Å². The molecule has 3 amide bonds. The summed E-state index contributed by atoms with van der Waals surface area (Å²) in [5, 5.41) is 11.7. The summed E-state index contributed by atoms with van der Waals surface area (Å²) in [7, 11) is 0. The van der Waals surface area contributed by atoms with Crippen LogP contribution in [0.25, 0.3) is 0 Å². The van der Waals surface area contributed by atoms with E-state index in [1.807, 2.05) is 6.92 Å². The van der Waals surface area contributed by atoms with E-state index < -0.39 is 35.4 Å². The Balaban J connectivity index is 2.88. The molecular weight excluding hydrogens is 278 g/mol. The molecule has 0 aromatic heterocycles. The number of primary amides is 1. The van der Waals surface area contributed by atoms with Crippen molar-refractivity contribution in [2.24, 2.45) is 11.7 Å². The topological polar surface area (TPSA) is 122 Å². The number of carboxylic acid groups (broad SMARTS) is 1. The van der Waals surface area contributed by atoms with Gasteiger partial charge in [-0.3, -0.25) is 9.59 Å². The van der Waals surface area contributed by atoms with Crippen LogP contribution in [0.1, 0.15) is 27.2 Å². The Labute approximate surface area is 123 Å². The van der Waals surface area contributed by atoms with Gasteiger partial charge < -0.3 is 25.8 Å². The third kappa shape index (κ3) is 4.07. The maximum atomic E-state index is 12.4. The fourth-order valence-corrected chi connectivity index (χ4v) is 2.15.